The topological polar surface area (TPSA) is 9.23 Å². The number of hydrogen-bond acceptors (Lipinski definition) is 1. The van der Waals surface area contributed by atoms with E-state index in [1.54, 1.807) is 0 Å². The van der Waals surface area contributed by atoms with Crippen molar-refractivity contribution in [3.8, 4) is 5.75 Å². The van der Waals surface area contributed by atoms with Crippen molar-refractivity contribution in [2.24, 2.45) is 0 Å². The van der Waals surface area contributed by atoms with Crippen molar-refractivity contribution in [3.63, 3.8) is 0 Å². The Bertz CT molecular complexity index is 436. The summed E-state index contributed by atoms with van der Waals surface area (Å²) in [5.41, 5.74) is 1.06. The maximum absolute atomic E-state index is 5.86. The van der Waals surface area contributed by atoms with Gasteiger partial charge in [-0.1, -0.05) is 23.7 Å². The predicted molar refractivity (Wildman–Crippen MR) is 70.0 cm³/mol. The van der Waals surface area contributed by atoms with E-state index in [9.17, 15) is 0 Å². The van der Waals surface area contributed by atoms with Crippen molar-refractivity contribution in [2.45, 2.75) is 6.61 Å². The zero-order valence-electron chi connectivity index (χ0n) is 9.20. The van der Waals surface area contributed by atoms with Crippen molar-refractivity contribution in [3.05, 3.63) is 65.2 Å². The molecule has 0 N–H and O–H groups in total. The third-order valence-corrected chi connectivity index (χ3v) is 2.21. The first-order valence-corrected chi connectivity index (χ1v) is 12.3. The van der Waals surface area contributed by atoms with E-state index in [-0.39, 0.29) is 0 Å². The van der Waals surface area contributed by atoms with Gasteiger partial charge in [0, 0.05) is 10.8 Å². The molecule has 0 aliphatic carbocycles. The first kappa shape index (κ1) is 14.7. The van der Waals surface area contributed by atoms with Gasteiger partial charge in [0.25, 0.3) is 0 Å². The summed E-state index contributed by atoms with van der Waals surface area (Å²) >= 11 is 10.1. The van der Waals surface area contributed by atoms with Crippen molar-refractivity contribution in [1.29, 1.82) is 0 Å². The molecule has 0 unspecified atom stereocenters. The van der Waals surface area contributed by atoms with Crippen molar-refractivity contribution < 1.29 is 21.1 Å². The molecule has 0 radical (unpaired) electrons. The Labute approximate surface area is 123 Å². The van der Waals surface area contributed by atoms with Gasteiger partial charge in [0.05, 0.1) is 6.61 Å². The summed E-state index contributed by atoms with van der Waals surface area (Å²) in [6, 6.07) is 18.1. The van der Waals surface area contributed by atoms with Crippen LogP contribution in [0.3, 0.4) is 0 Å². The third kappa shape index (κ3) is 5.67. The van der Waals surface area contributed by atoms with Gasteiger partial charge in [0.15, 0.2) is 0 Å². The fraction of sp³-hybridized carbons (Fsp3) is 0.0769. The zero-order chi connectivity index (χ0) is 12.5. The summed E-state index contributed by atoms with van der Waals surface area (Å²) in [4.78, 5) is 0. The van der Waals surface area contributed by atoms with Crippen molar-refractivity contribution in [1.82, 2.24) is 0 Å². The number of rotatable bonds is 3. The van der Waals surface area contributed by atoms with Gasteiger partial charge in [-0.25, -0.2) is 0 Å². The van der Waals surface area contributed by atoms with Crippen LogP contribution in [0.4, 0.5) is 0 Å². The van der Waals surface area contributed by atoms with Crippen LogP contribution >= 0.6 is 25.2 Å². The van der Waals surface area contributed by atoms with Crippen LogP contribution in [0.2, 0.25) is 5.02 Å². The van der Waals surface area contributed by atoms with Gasteiger partial charge in [0.2, 0.25) is 0 Å². The molecule has 2 rings (SSSR count). The summed E-state index contributed by atoms with van der Waals surface area (Å²) in [7, 11) is 0. The Morgan fingerprint density at radius 2 is 2.06 bits per heavy atom. The Morgan fingerprint density at radius 3 is 2.71 bits per heavy atom. The second kappa shape index (κ2) is 8.68. The molecule has 84 valence electrons. The summed E-state index contributed by atoms with van der Waals surface area (Å²) < 4.78 is 5.56. The van der Waals surface area contributed by atoms with Crippen LogP contribution < -0.4 is 4.74 Å². The Morgan fingerprint density at radius 1 is 1.24 bits per heavy atom. The maximum atomic E-state index is 5.86. The van der Waals surface area contributed by atoms with Crippen LogP contribution in [-0.4, -0.2) is 0 Å². The van der Waals surface area contributed by atoms with Crippen LogP contribution in [0, 0.1) is 6.07 Å². The number of hydrogen-bond donors (Lipinski definition) is 0. The van der Waals surface area contributed by atoms with Gasteiger partial charge < -0.3 is 4.74 Å². The van der Waals surface area contributed by atoms with E-state index in [1.807, 2.05) is 48.5 Å². The van der Waals surface area contributed by atoms with Gasteiger partial charge in [-0.3, -0.25) is 0 Å². The first-order valence-electron chi connectivity index (χ1n) is 4.95. The molecule has 0 bridgehead atoms. The van der Waals surface area contributed by atoms with Gasteiger partial charge in [0.1, 0.15) is 0 Å². The molecule has 0 aliphatic rings. The van der Waals surface area contributed by atoms with Gasteiger partial charge in [-0.2, -0.15) is 18.2 Å². The number of halogens is 2. The SMILES string of the molecule is Clc1cccc(COc2c[c-]ccc2)c1.[Zn+][Br]. The molecule has 0 amide bonds. The van der Waals surface area contributed by atoms with E-state index in [0.717, 1.165) is 16.3 Å². The molecular formula is C13H10BrClOZn. The fourth-order valence-electron chi connectivity index (χ4n) is 1.26. The molecule has 0 fully saturated rings. The third-order valence-electron chi connectivity index (χ3n) is 1.97. The summed E-state index contributed by atoms with van der Waals surface area (Å²) in [6.07, 6.45) is 0. The van der Waals surface area contributed by atoms with Gasteiger partial charge in [-0.15, -0.1) is 12.1 Å². The minimum absolute atomic E-state index is 0.526. The van der Waals surface area contributed by atoms with Gasteiger partial charge in [-0.05, 0) is 17.7 Å². The molecule has 0 heterocycles. The molecule has 2 aromatic carbocycles. The van der Waals surface area contributed by atoms with Gasteiger partial charge >= 0.3 is 30.0 Å². The summed E-state index contributed by atoms with van der Waals surface area (Å²) in [5.74, 6) is 0.817. The van der Waals surface area contributed by atoms with Crippen molar-refractivity contribution >= 4 is 25.2 Å². The second-order valence-electron chi connectivity index (χ2n) is 3.16. The molecule has 17 heavy (non-hydrogen) atoms. The van der Waals surface area contributed by atoms with Crippen LogP contribution in [0.5, 0.6) is 5.75 Å². The summed E-state index contributed by atoms with van der Waals surface area (Å²) in [6.45, 7) is 0.526. The normalized spacial score (nSPS) is 9.18. The summed E-state index contributed by atoms with van der Waals surface area (Å²) in [5, 5.41) is 0.732. The Balaban J connectivity index is 0.000000686. The van der Waals surface area contributed by atoms with Crippen LogP contribution in [-0.2, 0) is 22.9 Å². The standard InChI is InChI=1S/C13H10ClO.BrH.Zn/c14-12-6-4-5-11(9-12)10-15-13-7-2-1-3-8-13;;/h1-2,4-9H,10H2;1H;/q-1;;+2/p-1. The van der Waals surface area contributed by atoms with E-state index in [4.69, 9.17) is 16.3 Å². The van der Waals surface area contributed by atoms with E-state index in [0.29, 0.717) is 6.61 Å². The minimum atomic E-state index is 0.526. The molecule has 2 aromatic rings. The first-order chi connectivity index (χ1) is 8.34. The molecule has 1 nitrogen and oxygen atoms in total. The molecule has 4 heteroatoms. The molecule has 0 atom stereocenters. The fourth-order valence-corrected chi connectivity index (χ4v) is 1.47. The molecule has 0 aliphatic heterocycles. The molecule has 0 aromatic heterocycles. The van der Waals surface area contributed by atoms with E-state index < -0.39 is 0 Å². The second-order valence-corrected chi connectivity index (χ2v) is 3.59. The Kier molecular flexibility index (Phi) is 7.51. The molecular weight excluding hydrogens is 353 g/mol. The van der Waals surface area contributed by atoms with Crippen LogP contribution in [0.25, 0.3) is 0 Å². The molecule has 0 saturated heterocycles. The average Bonchev–Trinajstić information content (AvgIpc) is 2.40. The number of benzene rings is 2. The van der Waals surface area contributed by atoms with Crippen LogP contribution in [0.1, 0.15) is 5.56 Å². The monoisotopic (exact) mass is 360 g/mol. The number of ether oxygens (including phenoxy) is 1. The van der Waals surface area contributed by atoms with E-state index in [2.05, 4.69) is 19.7 Å². The Hall–Kier alpha value is -0.367. The van der Waals surface area contributed by atoms with Crippen LogP contribution in [0.15, 0.2) is 48.5 Å². The molecule has 0 spiro atoms. The van der Waals surface area contributed by atoms with Crippen molar-refractivity contribution in [2.75, 3.05) is 0 Å². The zero-order valence-corrected chi connectivity index (χ0v) is 14.5. The van der Waals surface area contributed by atoms with E-state index >= 15 is 0 Å². The predicted octanol–water partition coefficient (Wildman–Crippen LogP) is 4.56. The molecule has 0 saturated carbocycles. The average molecular weight is 363 g/mol. The van der Waals surface area contributed by atoms with E-state index in [1.165, 1.54) is 16.3 Å². The quantitative estimate of drug-likeness (QED) is 0.574.